The molecule has 4 aliphatic rings. The molecule has 0 saturated carbocycles. The lowest BCUT2D eigenvalue weighted by Gasteiger charge is -2.23. The number of ether oxygens (including phenoxy) is 8. The average Bonchev–Trinajstić information content (AvgIpc) is 3.63. The van der Waals surface area contributed by atoms with E-state index in [1.54, 1.807) is 0 Å². The fourth-order valence-electron chi connectivity index (χ4n) is 2.85. The molecule has 0 aliphatic carbocycles. The van der Waals surface area contributed by atoms with Gasteiger partial charge in [0, 0.05) is 0 Å². The molecule has 0 N–H and O–H groups in total. The van der Waals surface area contributed by atoms with Crippen LogP contribution in [-0.2, 0) is 57.1 Å². The molecule has 32 heavy (non-hydrogen) atoms. The quantitative estimate of drug-likeness (QED) is 0.164. The third kappa shape index (κ3) is 8.01. The summed E-state index contributed by atoms with van der Waals surface area (Å²) in [5.74, 6) is -5.65. The van der Waals surface area contributed by atoms with Gasteiger partial charge in [0.2, 0.25) is 0 Å². The topological polar surface area (TPSA) is 155 Å². The van der Waals surface area contributed by atoms with Crippen LogP contribution in [0.5, 0.6) is 0 Å². The van der Waals surface area contributed by atoms with Crippen molar-refractivity contribution in [1.29, 1.82) is 0 Å². The molecule has 0 spiro atoms. The average molecular weight is 458 g/mol. The fraction of sp³-hybridized carbons (Fsp3) is 0.800. The highest BCUT2D eigenvalue weighted by Gasteiger charge is 2.42. The number of carbonyl (C=O) groups excluding carboxylic acids is 4. The van der Waals surface area contributed by atoms with Gasteiger partial charge in [-0.3, -0.25) is 19.2 Å². The Labute approximate surface area is 183 Å². The standard InChI is InChI=1S/C20H26O12/c21-17(29-7-11-3-25-11)1-15(19(23)31-9-13-5-27-13)16(20(24)32-10-14-6-28-14)2-18(22)30-8-12-4-26-12/h11-16H,1-10H2/t11?,12?,13?,14?,15-,16+. The van der Waals surface area contributed by atoms with Crippen LogP contribution in [0.25, 0.3) is 0 Å². The number of epoxide rings is 4. The summed E-state index contributed by atoms with van der Waals surface area (Å²) in [6.45, 7) is 1.99. The molecule has 4 heterocycles. The van der Waals surface area contributed by atoms with Gasteiger partial charge in [0.15, 0.2) is 0 Å². The van der Waals surface area contributed by atoms with Crippen LogP contribution in [0.1, 0.15) is 12.8 Å². The highest BCUT2D eigenvalue weighted by atomic mass is 16.6. The number of carbonyl (C=O) groups is 4. The van der Waals surface area contributed by atoms with E-state index in [0.717, 1.165) is 0 Å². The van der Waals surface area contributed by atoms with E-state index in [2.05, 4.69) is 0 Å². The van der Waals surface area contributed by atoms with Crippen LogP contribution in [0.15, 0.2) is 0 Å². The van der Waals surface area contributed by atoms with Gasteiger partial charge in [-0.15, -0.1) is 0 Å². The summed E-state index contributed by atoms with van der Waals surface area (Å²) in [6.07, 6.45) is -1.66. The van der Waals surface area contributed by atoms with Crippen molar-refractivity contribution in [2.24, 2.45) is 11.8 Å². The van der Waals surface area contributed by atoms with Crippen molar-refractivity contribution in [3.05, 3.63) is 0 Å². The zero-order chi connectivity index (χ0) is 22.5. The predicted octanol–water partition coefficient (Wildman–Crippen LogP) is -1.23. The molecule has 4 fully saturated rings. The van der Waals surface area contributed by atoms with E-state index in [9.17, 15) is 19.2 Å². The summed E-state index contributed by atoms with van der Waals surface area (Å²) in [5.41, 5.74) is 0. The third-order valence-electron chi connectivity index (χ3n) is 5.16. The summed E-state index contributed by atoms with van der Waals surface area (Å²) < 4.78 is 40.7. The molecule has 4 aliphatic heterocycles. The Morgan fingerprint density at radius 1 is 0.562 bits per heavy atom. The predicted molar refractivity (Wildman–Crippen MR) is 99.0 cm³/mol. The van der Waals surface area contributed by atoms with Crippen LogP contribution < -0.4 is 0 Å². The summed E-state index contributed by atoms with van der Waals surface area (Å²) in [6, 6.07) is 0. The highest BCUT2D eigenvalue weighted by Crippen LogP contribution is 2.26. The number of hydrogen-bond acceptors (Lipinski definition) is 12. The van der Waals surface area contributed by atoms with Gasteiger partial charge in [0.05, 0.1) is 51.1 Å². The lowest BCUT2D eigenvalue weighted by Crippen LogP contribution is -2.37. The second-order valence-corrected chi connectivity index (χ2v) is 8.07. The van der Waals surface area contributed by atoms with Crippen molar-refractivity contribution in [3.63, 3.8) is 0 Å². The molecule has 4 saturated heterocycles. The van der Waals surface area contributed by atoms with Crippen molar-refractivity contribution >= 4 is 23.9 Å². The highest BCUT2D eigenvalue weighted by molar-refractivity contribution is 5.88. The lowest BCUT2D eigenvalue weighted by atomic mass is 9.86. The Hall–Kier alpha value is -2.28. The lowest BCUT2D eigenvalue weighted by molar-refractivity contribution is -0.168. The Bertz CT molecular complexity index is 647. The zero-order valence-electron chi connectivity index (χ0n) is 17.4. The van der Waals surface area contributed by atoms with Crippen molar-refractivity contribution in [2.45, 2.75) is 37.3 Å². The van der Waals surface area contributed by atoms with Crippen LogP contribution in [0.4, 0.5) is 0 Å². The molecule has 4 rings (SSSR count). The van der Waals surface area contributed by atoms with Gasteiger partial charge >= 0.3 is 23.9 Å². The number of esters is 4. The molecule has 12 heteroatoms. The van der Waals surface area contributed by atoms with Gasteiger partial charge in [-0.05, 0) is 0 Å². The van der Waals surface area contributed by atoms with Crippen molar-refractivity contribution in [1.82, 2.24) is 0 Å². The second-order valence-electron chi connectivity index (χ2n) is 8.07. The molecule has 6 atom stereocenters. The van der Waals surface area contributed by atoms with E-state index in [-0.39, 0.29) is 50.8 Å². The molecule has 0 bridgehead atoms. The van der Waals surface area contributed by atoms with Gasteiger partial charge in [-0.2, -0.15) is 0 Å². The molecule has 0 radical (unpaired) electrons. The first kappa shape index (κ1) is 22.9. The Kier molecular flexibility index (Phi) is 7.55. The molecular formula is C20H26O12. The minimum absolute atomic E-state index is 0.0125. The van der Waals surface area contributed by atoms with Crippen molar-refractivity contribution in [3.8, 4) is 0 Å². The first-order chi connectivity index (χ1) is 15.5. The summed E-state index contributed by atoms with van der Waals surface area (Å²) in [7, 11) is 0. The van der Waals surface area contributed by atoms with Crippen molar-refractivity contribution in [2.75, 3.05) is 52.9 Å². The first-order valence-corrected chi connectivity index (χ1v) is 10.6. The van der Waals surface area contributed by atoms with E-state index in [1.807, 2.05) is 0 Å². The van der Waals surface area contributed by atoms with Gasteiger partial charge < -0.3 is 37.9 Å². The normalized spacial score (nSPS) is 28.6. The molecule has 0 amide bonds. The van der Waals surface area contributed by atoms with Crippen LogP contribution in [0.2, 0.25) is 0 Å². The summed E-state index contributed by atoms with van der Waals surface area (Å²) in [4.78, 5) is 50.3. The van der Waals surface area contributed by atoms with Gasteiger partial charge in [0.1, 0.15) is 50.8 Å². The molecule has 0 aromatic rings. The number of hydrogen-bond donors (Lipinski definition) is 0. The van der Waals surface area contributed by atoms with E-state index in [0.29, 0.717) is 26.4 Å². The Morgan fingerprint density at radius 2 is 0.844 bits per heavy atom. The number of rotatable bonds is 15. The SMILES string of the molecule is O=C(C[C@H](C(=O)OCC1CO1)[C@@H](CC(=O)OCC1CO1)C(=O)OCC1CO1)OCC1CO1. The van der Waals surface area contributed by atoms with Gasteiger partial charge in [-0.25, -0.2) is 0 Å². The van der Waals surface area contributed by atoms with E-state index < -0.39 is 48.6 Å². The molecule has 0 aromatic heterocycles. The van der Waals surface area contributed by atoms with E-state index >= 15 is 0 Å². The minimum atomic E-state index is -1.29. The molecule has 0 aromatic carbocycles. The molecule has 178 valence electrons. The monoisotopic (exact) mass is 458 g/mol. The third-order valence-corrected chi connectivity index (χ3v) is 5.16. The Balaban J connectivity index is 1.40. The van der Waals surface area contributed by atoms with Crippen molar-refractivity contribution < 1.29 is 57.1 Å². The van der Waals surface area contributed by atoms with Crippen LogP contribution in [-0.4, -0.2) is 101 Å². The largest absolute Gasteiger partial charge is 0.463 e. The Morgan fingerprint density at radius 3 is 1.12 bits per heavy atom. The minimum Gasteiger partial charge on any atom is -0.463 e. The first-order valence-electron chi connectivity index (χ1n) is 10.6. The molecule has 4 unspecified atom stereocenters. The maximum atomic E-state index is 12.8. The summed E-state index contributed by atoms with van der Waals surface area (Å²) >= 11 is 0. The zero-order valence-corrected chi connectivity index (χ0v) is 17.4. The second kappa shape index (κ2) is 10.6. The summed E-state index contributed by atoms with van der Waals surface area (Å²) in [5, 5.41) is 0. The van der Waals surface area contributed by atoms with Crippen LogP contribution in [0, 0.1) is 11.8 Å². The molecular weight excluding hydrogens is 432 g/mol. The van der Waals surface area contributed by atoms with Crippen LogP contribution in [0.3, 0.4) is 0 Å². The van der Waals surface area contributed by atoms with Gasteiger partial charge in [0.25, 0.3) is 0 Å². The maximum absolute atomic E-state index is 12.8. The molecule has 12 nitrogen and oxygen atoms in total. The maximum Gasteiger partial charge on any atom is 0.310 e. The smallest absolute Gasteiger partial charge is 0.310 e. The van der Waals surface area contributed by atoms with E-state index in [1.165, 1.54) is 0 Å². The van der Waals surface area contributed by atoms with E-state index in [4.69, 9.17) is 37.9 Å². The fourth-order valence-corrected chi connectivity index (χ4v) is 2.85. The van der Waals surface area contributed by atoms with Crippen LogP contribution >= 0.6 is 0 Å². The van der Waals surface area contributed by atoms with Gasteiger partial charge in [-0.1, -0.05) is 0 Å².